The van der Waals surface area contributed by atoms with Gasteiger partial charge in [0.15, 0.2) is 0 Å². The normalized spacial score (nSPS) is 9.82. The molecule has 0 heterocycles. The number of carbonyl (C=O) groups excluding carboxylic acids is 2. The minimum Gasteiger partial charge on any atom is -0.496 e. The highest BCUT2D eigenvalue weighted by molar-refractivity contribution is 5.96. The van der Waals surface area contributed by atoms with Gasteiger partial charge in [-0.2, -0.15) is 0 Å². The van der Waals surface area contributed by atoms with E-state index >= 15 is 0 Å². The molecule has 92 valence electrons. The Morgan fingerprint density at radius 2 is 1.94 bits per heavy atom. The van der Waals surface area contributed by atoms with Crippen LogP contribution in [0, 0.1) is 0 Å². The van der Waals surface area contributed by atoms with Crippen molar-refractivity contribution in [2.45, 2.75) is 19.9 Å². The van der Waals surface area contributed by atoms with E-state index in [1.54, 1.807) is 14.2 Å². The SMILES string of the molecule is COc1ccccc1CN(C)C(=O)CC(C)=O. The van der Waals surface area contributed by atoms with E-state index in [1.807, 2.05) is 24.3 Å². The first-order valence-electron chi connectivity index (χ1n) is 5.40. The number of nitrogens with zero attached hydrogens (tertiary/aromatic N) is 1. The number of rotatable bonds is 5. The van der Waals surface area contributed by atoms with E-state index in [9.17, 15) is 9.59 Å². The first-order chi connectivity index (χ1) is 8.04. The van der Waals surface area contributed by atoms with Gasteiger partial charge in [-0.15, -0.1) is 0 Å². The van der Waals surface area contributed by atoms with Gasteiger partial charge in [-0.3, -0.25) is 9.59 Å². The van der Waals surface area contributed by atoms with E-state index in [-0.39, 0.29) is 18.1 Å². The van der Waals surface area contributed by atoms with Gasteiger partial charge in [0, 0.05) is 19.2 Å². The van der Waals surface area contributed by atoms with Gasteiger partial charge in [0.2, 0.25) is 5.91 Å². The predicted octanol–water partition coefficient (Wildman–Crippen LogP) is 1.63. The summed E-state index contributed by atoms with van der Waals surface area (Å²) in [7, 11) is 3.27. The fourth-order valence-corrected chi connectivity index (χ4v) is 1.53. The molecule has 0 saturated carbocycles. The third kappa shape index (κ3) is 3.90. The fourth-order valence-electron chi connectivity index (χ4n) is 1.53. The maximum atomic E-state index is 11.6. The van der Waals surface area contributed by atoms with Crippen LogP contribution in [-0.2, 0) is 16.1 Å². The van der Waals surface area contributed by atoms with Crippen LogP contribution in [0.5, 0.6) is 5.75 Å². The zero-order chi connectivity index (χ0) is 12.8. The predicted molar refractivity (Wildman–Crippen MR) is 64.8 cm³/mol. The summed E-state index contributed by atoms with van der Waals surface area (Å²) < 4.78 is 5.20. The number of Topliss-reactive ketones (excluding diaryl/α,β-unsaturated/α-hetero) is 1. The highest BCUT2D eigenvalue weighted by Gasteiger charge is 2.13. The molecule has 0 bridgehead atoms. The molecule has 0 fully saturated rings. The number of carbonyl (C=O) groups is 2. The molecule has 17 heavy (non-hydrogen) atoms. The van der Waals surface area contributed by atoms with Crippen molar-refractivity contribution in [1.82, 2.24) is 4.90 Å². The number of hydrogen-bond acceptors (Lipinski definition) is 3. The van der Waals surface area contributed by atoms with E-state index in [0.717, 1.165) is 11.3 Å². The van der Waals surface area contributed by atoms with Crippen molar-refractivity contribution < 1.29 is 14.3 Å². The number of methoxy groups -OCH3 is 1. The van der Waals surface area contributed by atoms with Crippen LogP contribution in [0.25, 0.3) is 0 Å². The van der Waals surface area contributed by atoms with Crippen molar-refractivity contribution in [2.75, 3.05) is 14.2 Å². The molecule has 0 aliphatic rings. The third-order valence-corrected chi connectivity index (χ3v) is 2.43. The quantitative estimate of drug-likeness (QED) is 0.729. The van der Waals surface area contributed by atoms with Gasteiger partial charge in [-0.1, -0.05) is 18.2 Å². The Labute approximate surface area is 101 Å². The Bertz CT molecular complexity index is 415. The number of amides is 1. The monoisotopic (exact) mass is 235 g/mol. The summed E-state index contributed by atoms with van der Waals surface area (Å²) in [6.45, 7) is 1.85. The minimum absolute atomic E-state index is 0.0500. The summed E-state index contributed by atoms with van der Waals surface area (Å²) in [6.07, 6.45) is -0.0500. The minimum atomic E-state index is -0.177. The van der Waals surface area contributed by atoms with Crippen LogP contribution in [0.4, 0.5) is 0 Å². The molecule has 0 radical (unpaired) electrons. The molecule has 0 unspecified atom stereocenters. The first kappa shape index (κ1) is 13.2. The average molecular weight is 235 g/mol. The molecular weight excluding hydrogens is 218 g/mol. The number of benzene rings is 1. The zero-order valence-electron chi connectivity index (χ0n) is 10.4. The lowest BCUT2D eigenvalue weighted by Gasteiger charge is -2.18. The van der Waals surface area contributed by atoms with Gasteiger partial charge in [0.05, 0.1) is 13.5 Å². The van der Waals surface area contributed by atoms with E-state index < -0.39 is 0 Å². The molecule has 0 N–H and O–H groups in total. The second kappa shape index (κ2) is 6.03. The van der Waals surface area contributed by atoms with E-state index in [0.29, 0.717) is 6.54 Å². The van der Waals surface area contributed by atoms with Crippen molar-refractivity contribution in [3.8, 4) is 5.75 Å². The molecule has 0 aliphatic heterocycles. The van der Waals surface area contributed by atoms with E-state index in [1.165, 1.54) is 11.8 Å². The molecule has 4 heteroatoms. The molecule has 1 aromatic carbocycles. The Hall–Kier alpha value is -1.84. The summed E-state index contributed by atoms with van der Waals surface area (Å²) >= 11 is 0. The van der Waals surface area contributed by atoms with Crippen molar-refractivity contribution in [3.05, 3.63) is 29.8 Å². The first-order valence-corrected chi connectivity index (χ1v) is 5.40. The lowest BCUT2D eigenvalue weighted by Crippen LogP contribution is -2.27. The van der Waals surface area contributed by atoms with Crippen LogP contribution in [0.15, 0.2) is 24.3 Å². The van der Waals surface area contributed by atoms with E-state index in [4.69, 9.17) is 4.74 Å². The Morgan fingerprint density at radius 3 is 2.53 bits per heavy atom. The largest absolute Gasteiger partial charge is 0.496 e. The molecule has 0 atom stereocenters. The molecule has 0 aromatic heterocycles. The Kier molecular flexibility index (Phi) is 4.69. The van der Waals surface area contributed by atoms with E-state index in [2.05, 4.69) is 0 Å². The van der Waals surface area contributed by atoms with Crippen molar-refractivity contribution in [2.24, 2.45) is 0 Å². The lowest BCUT2D eigenvalue weighted by atomic mass is 10.2. The van der Waals surface area contributed by atoms with Crippen LogP contribution in [0.2, 0.25) is 0 Å². The summed E-state index contributed by atoms with van der Waals surface area (Å²) in [6, 6.07) is 7.51. The summed E-state index contributed by atoms with van der Waals surface area (Å²) in [5.74, 6) is 0.445. The Balaban J connectivity index is 2.70. The molecule has 1 aromatic rings. The van der Waals surface area contributed by atoms with Gasteiger partial charge in [-0.25, -0.2) is 0 Å². The lowest BCUT2D eigenvalue weighted by molar-refractivity contribution is -0.134. The van der Waals surface area contributed by atoms with Gasteiger partial charge >= 0.3 is 0 Å². The molecule has 0 saturated heterocycles. The number of ether oxygens (including phenoxy) is 1. The maximum absolute atomic E-state index is 11.6. The topological polar surface area (TPSA) is 46.6 Å². The smallest absolute Gasteiger partial charge is 0.230 e. The van der Waals surface area contributed by atoms with Crippen LogP contribution < -0.4 is 4.74 Å². The van der Waals surface area contributed by atoms with Gasteiger partial charge in [-0.05, 0) is 13.0 Å². The van der Waals surface area contributed by atoms with Crippen molar-refractivity contribution >= 4 is 11.7 Å². The highest BCUT2D eigenvalue weighted by atomic mass is 16.5. The fraction of sp³-hybridized carbons (Fsp3) is 0.385. The van der Waals surface area contributed by atoms with Crippen molar-refractivity contribution in [3.63, 3.8) is 0 Å². The summed E-state index contributed by atoms with van der Waals surface area (Å²) in [4.78, 5) is 24.0. The molecule has 0 spiro atoms. The standard InChI is InChI=1S/C13H17NO3/c1-10(15)8-13(16)14(2)9-11-6-4-5-7-12(11)17-3/h4-7H,8-9H2,1-3H3. The van der Waals surface area contributed by atoms with Crippen LogP contribution >= 0.6 is 0 Å². The molecule has 4 nitrogen and oxygen atoms in total. The second-order valence-electron chi connectivity index (χ2n) is 3.94. The summed E-state index contributed by atoms with van der Waals surface area (Å²) in [5, 5.41) is 0. The Morgan fingerprint density at radius 1 is 1.29 bits per heavy atom. The number of para-hydroxylation sites is 1. The maximum Gasteiger partial charge on any atom is 0.230 e. The summed E-state index contributed by atoms with van der Waals surface area (Å²) in [5.41, 5.74) is 0.925. The third-order valence-electron chi connectivity index (χ3n) is 2.43. The van der Waals surface area contributed by atoms with Gasteiger partial charge in [0.25, 0.3) is 0 Å². The highest BCUT2D eigenvalue weighted by Crippen LogP contribution is 2.18. The van der Waals surface area contributed by atoms with Gasteiger partial charge < -0.3 is 9.64 Å². The molecule has 0 aliphatic carbocycles. The average Bonchev–Trinajstić information content (AvgIpc) is 2.28. The van der Waals surface area contributed by atoms with Crippen LogP contribution in [0.3, 0.4) is 0 Å². The van der Waals surface area contributed by atoms with Crippen LogP contribution in [-0.4, -0.2) is 30.7 Å². The molecular formula is C13H17NO3. The number of hydrogen-bond donors (Lipinski definition) is 0. The van der Waals surface area contributed by atoms with Gasteiger partial charge in [0.1, 0.15) is 11.5 Å². The van der Waals surface area contributed by atoms with Crippen molar-refractivity contribution in [1.29, 1.82) is 0 Å². The second-order valence-corrected chi connectivity index (χ2v) is 3.94. The van der Waals surface area contributed by atoms with Crippen LogP contribution in [0.1, 0.15) is 18.9 Å². The molecule has 1 rings (SSSR count). The number of ketones is 1. The zero-order valence-corrected chi connectivity index (χ0v) is 10.4. The molecule has 1 amide bonds.